The number of halogens is 3. The SMILES string of the molecule is CC(C)(C)CNC(=O)NCC(F)(F)F. The zero-order valence-electron chi connectivity index (χ0n) is 8.46. The summed E-state index contributed by atoms with van der Waals surface area (Å²) in [5.41, 5.74) is -0.143. The van der Waals surface area contributed by atoms with Gasteiger partial charge < -0.3 is 10.6 Å². The summed E-state index contributed by atoms with van der Waals surface area (Å²) in [6, 6.07) is -0.794. The van der Waals surface area contributed by atoms with Crippen LogP contribution in [-0.2, 0) is 0 Å². The topological polar surface area (TPSA) is 41.1 Å². The molecule has 2 amide bonds. The van der Waals surface area contributed by atoms with Gasteiger partial charge in [-0.1, -0.05) is 20.8 Å². The number of amides is 2. The van der Waals surface area contributed by atoms with Gasteiger partial charge in [-0.25, -0.2) is 4.79 Å². The number of hydrogen-bond acceptors (Lipinski definition) is 1. The van der Waals surface area contributed by atoms with Crippen molar-refractivity contribution in [2.24, 2.45) is 5.41 Å². The van der Waals surface area contributed by atoms with E-state index in [2.05, 4.69) is 5.32 Å². The molecule has 0 rings (SSSR count). The Hall–Kier alpha value is -0.940. The number of nitrogens with one attached hydrogen (secondary N) is 2. The van der Waals surface area contributed by atoms with E-state index < -0.39 is 18.8 Å². The molecule has 0 saturated heterocycles. The van der Waals surface area contributed by atoms with Gasteiger partial charge in [-0.15, -0.1) is 0 Å². The molecule has 0 aliphatic rings. The summed E-state index contributed by atoms with van der Waals surface area (Å²) in [4.78, 5) is 10.8. The maximum absolute atomic E-state index is 11.6. The lowest BCUT2D eigenvalue weighted by molar-refractivity contribution is -0.122. The van der Waals surface area contributed by atoms with Crippen molar-refractivity contribution in [3.8, 4) is 0 Å². The fraction of sp³-hybridized carbons (Fsp3) is 0.875. The largest absolute Gasteiger partial charge is 0.405 e. The van der Waals surface area contributed by atoms with Crippen molar-refractivity contribution in [1.82, 2.24) is 10.6 Å². The number of rotatable bonds is 2. The molecule has 0 saturated carbocycles. The first-order valence-electron chi connectivity index (χ1n) is 4.19. The van der Waals surface area contributed by atoms with Crippen molar-refractivity contribution in [1.29, 1.82) is 0 Å². The predicted octanol–water partition coefficient (Wildman–Crippen LogP) is 1.89. The zero-order chi connectivity index (χ0) is 11.4. The Kier molecular flexibility index (Phi) is 4.22. The smallest absolute Gasteiger partial charge is 0.338 e. The lowest BCUT2D eigenvalue weighted by Gasteiger charge is -2.19. The minimum absolute atomic E-state index is 0.143. The normalized spacial score (nSPS) is 12.4. The molecule has 84 valence electrons. The van der Waals surface area contributed by atoms with Gasteiger partial charge in [0.25, 0.3) is 0 Å². The molecule has 0 unspecified atom stereocenters. The van der Waals surface area contributed by atoms with Gasteiger partial charge >= 0.3 is 12.2 Å². The average Bonchev–Trinajstić information content (AvgIpc) is 1.94. The lowest BCUT2D eigenvalue weighted by Crippen LogP contribution is -2.43. The lowest BCUT2D eigenvalue weighted by atomic mass is 9.97. The Morgan fingerprint density at radius 2 is 1.50 bits per heavy atom. The Labute approximate surface area is 81.1 Å². The fourth-order valence-electron chi connectivity index (χ4n) is 0.588. The first-order valence-corrected chi connectivity index (χ1v) is 4.19. The average molecular weight is 212 g/mol. The molecule has 0 aromatic carbocycles. The second-order valence-corrected chi connectivity index (χ2v) is 4.21. The van der Waals surface area contributed by atoms with Crippen LogP contribution in [0.1, 0.15) is 20.8 Å². The third-order valence-corrected chi connectivity index (χ3v) is 1.23. The highest BCUT2D eigenvalue weighted by Gasteiger charge is 2.27. The summed E-state index contributed by atoms with van der Waals surface area (Å²) >= 11 is 0. The van der Waals surface area contributed by atoms with Crippen molar-refractivity contribution in [3.05, 3.63) is 0 Å². The monoisotopic (exact) mass is 212 g/mol. The highest BCUT2D eigenvalue weighted by Crippen LogP contribution is 2.12. The first-order chi connectivity index (χ1) is 6.10. The molecule has 2 N–H and O–H groups in total. The molecular formula is C8H15F3N2O. The highest BCUT2D eigenvalue weighted by molar-refractivity contribution is 5.73. The third-order valence-electron chi connectivity index (χ3n) is 1.23. The van der Waals surface area contributed by atoms with Crippen LogP contribution in [0.4, 0.5) is 18.0 Å². The van der Waals surface area contributed by atoms with Crippen LogP contribution in [0.2, 0.25) is 0 Å². The molecule has 0 bridgehead atoms. The van der Waals surface area contributed by atoms with Gasteiger partial charge in [0.2, 0.25) is 0 Å². The molecule has 0 aromatic heterocycles. The number of alkyl halides is 3. The summed E-state index contributed by atoms with van der Waals surface area (Å²) in [5, 5.41) is 4.07. The van der Waals surface area contributed by atoms with E-state index in [9.17, 15) is 18.0 Å². The number of urea groups is 1. The molecule has 0 aliphatic carbocycles. The van der Waals surface area contributed by atoms with Crippen LogP contribution in [0.25, 0.3) is 0 Å². The molecule has 14 heavy (non-hydrogen) atoms. The molecular weight excluding hydrogens is 197 g/mol. The molecule has 6 heteroatoms. The maximum Gasteiger partial charge on any atom is 0.405 e. The van der Waals surface area contributed by atoms with E-state index in [0.717, 1.165) is 0 Å². The second kappa shape index (κ2) is 4.52. The Balaban J connectivity index is 3.68. The van der Waals surface area contributed by atoms with Gasteiger partial charge in [-0.05, 0) is 5.41 Å². The van der Waals surface area contributed by atoms with Crippen LogP contribution in [0, 0.1) is 5.41 Å². The second-order valence-electron chi connectivity index (χ2n) is 4.21. The van der Waals surface area contributed by atoms with E-state index in [0.29, 0.717) is 6.54 Å². The molecule has 0 aromatic rings. The van der Waals surface area contributed by atoms with Gasteiger partial charge in [0, 0.05) is 6.54 Å². The standard InChI is InChI=1S/C8H15F3N2O/c1-7(2,3)4-12-6(14)13-5-8(9,10)11/h4-5H2,1-3H3,(H2,12,13,14). The minimum atomic E-state index is -4.36. The summed E-state index contributed by atoms with van der Waals surface area (Å²) in [7, 11) is 0. The van der Waals surface area contributed by atoms with E-state index in [1.807, 2.05) is 20.8 Å². The van der Waals surface area contributed by atoms with Crippen molar-refractivity contribution in [2.75, 3.05) is 13.1 Å². The van der Waals surface area contributed by atoms with Crippen LogP contribution >= 0.6 is 0 Å². The highest BCUT2D eigenvalue weighted by atomic mass is 19.4. The van der Waals surface area contributed by atoms with E-state index >= 15 is 0 Å². The van der Waals surface area contributed by atoms with Gasteiger partial charge in [0.15, 0.2) is 0 Å². The van der Waals surface area contributed by atoms with Gasteiger partial charge in [-0.2, -0.15) is 13.2 Å². The zero-order valence-corrected chi connectivity index (χ0v) is 8.46. The molecule has 0 atom stereocenters. The van der Waals surface area contributed by atoms with Gasteiger partial charge in [0.05, 0.1) is 0 Å². The van der Waals surface area contributed by atoms with Crippen LogP contribution in [-0.4, -0.2) is 25.3 Å². The Morgan fingerprint density at radius 3 is 1.86 bits per heavy atom. The van der Waals surface area contributed by atoms with Crippen LogP contribution < -0.4 is 10.6 Å². The third kappa shape index (κ3) is 9.15. The molecule has 0 aliphatic heterocycles. The maximum atomic E-state index is 11.6. The molecule has 0 fully saturated rings. The molecule has 3 nitrogen and oxygen atoms in total. The summed E-state index contributed by atoms with van der Waals surface area (Å²) in [6.07, 6.45) is -4.36. The van der Waals surface area contributed by atoms with E-state index in [1.54, 1.807) is 5.32 Å². The van der Waals surface area contributed by atoms with Crippen molar-refractivity contribution in [2.45, 2.75) is 26.9 Å². The van der Waals surface area contributed by atoms with E-state index in [4.69, 9.17) is 0 Å². The van der Waals surface area contributed by atoms with Gasteiger partial charge in [-0.3, -0.25) is 0 Å². The van der Waals surface area contributed by atoms with Crippen molar-refractivity contribution in [3.63, 3.8) is 0 Å². The van der Waals surface area contributed by atoms with Crippen LogP contribution in [0.15, 0.2) is 0 Å². The van der Waals surface area contributed by atoms with Crippen LogP contribution in [0.3, 0.4) is 0 Å². The number of hydrogen-bond donors (Lipinski definition) is 2. The van der Waals surface area contributed by atoms with E-state index in [-0.39, 0.29) is 5.41 Å². The predicted molar refractivity (Wildman–Crippen MR) is 46.9 cm³/mol. The Morgan fingerprint density at radius 1 is 1.07 bits per heavy atom. The number of carbonyl (C=O) groups excluding carboxylic acids is 1. The summed E-state index contributed by atoms with van der Waals surface area (Å²) < 4.78 is 34.9. The van der Waals surface area contributed by atoms with Crippen molar-refractivity contribution >= 4 is 6.03 Å². The van der Waals surface area contributed by atoms with Crippen LogP contribution in [0.5, 0.6) is 0 Å². The molecule has 0 radical (unpaired) electrons. The minimum Gasteiger partial charge on any atom is -0.338 e. The van der Waals surface area contributed by atoms with Crippen molar-refractivity contribution < 1.29 is 18.0 Å². The summed E-state index contributed by atoms with van der Waals surface area (Å²) in [6.45, 7) is 4.64. The molecule has 0 heterocycles. The summed E-state index contributed by atoms with van der Waals surface area (Å²) in [5.74, 6) is 0. The molecule has 0 spiro atoms. The fourth-order valence-corrected chi connectivity index (χ4v) is 0.588. The van der Waals surface area contributed by atoms with E-state index in [1.165, 1.54) is 0 Å². The number of carbonyl (C=O) groups is 1. The first kappa shape index (κ1) is 13.1. The van der Waals surface area contributed by atoms with Gasteiger partial charge in [0.1, 0.15) is 6.54 Å². The quantitative estimate of drug-likeness (QED) is 0.721. The Bertz CT molecular complexity index is 176.